The highest BCUT2D eigenvalue weighted by molar-refractivity contribution is 5.96. The Morgan fingerprint density at radius 2 is 1.71 bits per heavy atom. The Labute approximate surface area is 140 Å². The number of aliphatic carboxylic acids is 1. The van der Waals surface area contributed by atoms with Crippen LogP contribution in [0.2, 0.25) is 0 Å². The molecule has 2 atom stereocenters. The third kappa shape index (κ3) is 4.68. The normalized spacial score (nSPS) is 19.5. The second-order valence-corrected chi connectivity index (χ2v) is 5.86. The average molecular weight is 330 g/mol. The number of carboxylic acids is 1. The van der Waals surface area contributed by atoms with E-state index in [1.807, 2.05) is 13.0 Å². The van der Waals surface area contributed by atoms with Crippen LogP contribution < -0.4 is 10.6 Å². The lowest BCUT2D eigenvalue weighted by molar-refractivity contribution is -0.146. The van der Waals surface area contributed by atoms with Gasteiger partial charge >= 0.3 is 5.97 Å². The van der Waals surface area contributed by atoms with E-state index in [0.717, 1.165) is 6.42 Å². The molecule has 1 aromatic rings. The van der Waals surface area contributed by atoms with Crippen LogP contribution in [0.5, 0.6) is 0 Å². The number of benzene rings is 1. The van der Waals surface area contributed by atoms with Crippen molar-refractivity contribution in [3.8, 4) is 0 Å². The van der Waals surface area contributed by atoms with Gasteiger partial charge in [-0.15, -0.1) is 0 Å². The summed E-state index contributed by atoms with van der Waals surface area (Å²) in [4.78, 5) is 35.4. The van der Waals surface area contributed by atoms with Crippen LogP contribution in [0.3, 0.4) is 0 Å². The fourth-order valence-electron chi connectivity index (χ4n) is 2.74. The smallest absolute Gasteiger partial charge is 0.307 e. The zero-order valence-electron chi connectivity index (χ0n) is 13.6. The summed E-state index contributed by atoms with van der Waals surface area (Å²) in [5.41, 5.74) is 1.14. The van der Waals surface area contributed by atoms with Gasteiger partial charge in [-0.25, -0.2) is 0 Å². The van der Waals surface area contributed by atoms with E-state index in [1.54, 1.807) is 30.3 Å². The first kappa shape index (κ1) is 17.7. The largest absolute Gasteiger partial charge is 0.481 e. The van der Waals surface area contributed by atoms with Gasteiger partial charge in [0.25, 0.3) is 0 Å². The third-order valence-electron chi connectivity index (χ3n) is 3.98. The minimum atomic E-state index is -0.958. The Bertz CT molecular complexity index is 654. The Hall–Kier alpha value is -2.63. The van der Waals surface area contributed by atoms with E-state index in [2.05, 4.69) is 10.6 Å². The maximum Gasteiger partial charge on any atom is 0.307 e. The number of carbonyl (C=O) groups excluding carboxylic acids is 2. The summed E-state index contributed by atoms with van der Waals surface area (Å²) < 4.78 is 0. The molecular formula is C18H22N2O4. The van der Waals surface area contributed by atoms with E-state index in [0.29, 0.717) is 30.6 Å². The van der Waals surface area contributed by atoms with Crippen LogP contribution in [0.25, 0.3) is 0 Å². The van der Waals surface area contributed by atoms with Gasteiger partial charge in [0.05, 0.1) is 11.8 Å². The van der Waals surface area contributed by atoms with E-state index >= 15 is 0 Å². The van der Waals surface area contributed by atoms with Crippen molar-refractivity contribution < 1.29 is 19.5 Å². The van der Waals surface area contributed by atoms with Gasteiger partial charge in [-0.2, -0.15) is 0 Å². The number of carbonyl (C=O) groups is 3. The van der Waals surface area contributed by atoms with E-state index in [-0.39, 0.29) is 11.8 Å². The molecule has 128 valence electrons. The lowest BCUT2D eigenvalue weighted by atomic mass is 9.82. The Kier molecular flexibility index (Phi) is 6.12. The summed E-state index contributed by atoms with van der Waals surface area (Å²) in [7, 11) is 0. The van der Waals surface area contributed by atoms with Gasteiger partial charge in [-0.05, 0) is 37.5 Å². The van der Waals surface area contributed by atoms with Crippen molar-refractivity contribution in [3.05, 3.63) is 36.4 Å². The second kappa shape index (κ2) is 8.29. The fraction of sp³-hybridized carbons (Fsp3) is 0.389. The van der Waals surface area contributed by atoms with Crippen molar-refractivity contribution in [2.75, 3.05) is 10.6 Å². The lowest BCUT2D eigenvalue weighted by Gasteiger charge is -2.24. The Morgan fingerprint density at radius 3 is 2.33 bits per heavy atom. The predicted octanol–water partition coefficient (Wildman–Crippen LogP) is 3.03. The van der Waals surface area contributed by atoms with Crippen molar-refractivity contribution in [3.63, 3.8) is 0 Å². The molecule has 0 spiro atoms. The van der Waals surface area contributed by atoms with Gasteiger partial charge in [0, 0.05) is 17.8 Å². The van der Waals surface area contributed by atoms with Gasteiger partial charge in [-0.1, -0.05) is 25.1 Å². The average Bonchev–Trinajstić information content (AvgIpc) is 2.55. The molecule has 24 heavy (non-hydrogen) atoms. The van der Waals surface area contributed by atoms with Crippen molar-refractivity contribution in [2.24, 2.45) is 11.8 Å². The molecule has 2 amide bonds. The van der Waals surface area contributed by atoms with Gasteiger partial charge < -0.3 is 15.7 Å². The van der Waals surface area contributed by atoms with Crippen LogP contribution in [-0.2, 0) is 14.4 Å². The van der Waals surface area contributed by atoms with Crippen LogP contribution in [0.15, 0.2) is 36.4 Å². The number of hydrogen-bond acceptors (Lipinski definition) is 3. The van der Waals surface area contributed by atoms with Crippen LogP contribution in [0, 0.1) is 11.8 Å². The number of amides is 2. The Balaban J connectivity index is 2.04. The number of carboxylic acid groups (broad SMARTS) is 1. The van der Waals surface area contributed by atoms with Crippen LogP contribution in [-0.4, -0.2) is 22.9 Å². The van der Waals surface area contributed by atoms with Crippen LogP contribution in [0.1, 0.15) is 32.6 Å². The molecule has 0 heterocycles. The van der Waals surface area contributed by atoms with Crippen LogP contribution >= 0.6 is 0 Å². The molecule has 0 aliphatic heterocycles. The molecule has 0 saturated heterocycles. The summed E-state index contributed by atoms with van der Waals surface area (Å²) in [6.07, 6.45) is 5.60. The van der Waals surface area contributed by atoms with E-state index in [9.17, 15) is 19.5 Å². The number of hydrogen-bond donors (Lipinski definition) is 3. The summed E-state index contributed by atoms with van der Waals surface area (Å²) in [5, 5.41) is 14.8. The van der Waals surface area contributed by atoms with Gasteiger partial charge in [0.15, 0.2) is 0 Å². The highest BCUT2D eigenvalue weighted by Crippen LogP contribution is 2.27. The second-order valence-electron chi connectivity index (χ2n) is 5.86. The van der Waals surface area contributed by atoms with Crippen molar-refractivity contribution in [1.29, 1.82) is 0 Å². The number of rotatable bonds is 6. The predicted molar refractivity (Wildman–Crippen MR) is 91.6 cm³/mol. The van der Waals surface area contributed by atoms with Crippen molar-refractivity contribution >= 4 is 29.2 Å². The van der Waals surface area contributed by atoms with Crippen LogP contribution in [0.4, 0.5) is 11.4 Å². The topological polar surface area (TPSA) is 95.5 Å². The monoisotopic (exact) mass is 330 g/mol. The molecule has 1 aliphatic rings. The standard InChI is InChI=1S/C18H22N2O4/c1-2-6-16(21)19-12-7-5-8-13(11-12)20-17(22)14-9-3-4-10-15(14)18(23)24/h3-5,7-8,11,14-15H,2,6,9-10H2,1H3,(H,19,21)(H,20,22)(H,23,24)/t14-,15-/m0/s1. The summed E-state index contributed by atoms with van der Waals surface area (Å²) in [6, 6.07) is 6.85. The molecule has 6 nitrogen and oxygen atoms in total. The fourth-order valence-corrected chi connectivity index (χ4v) is 2.74. The molecule has 0 aromatic heterocycles. The molecular weight excluding hydrogens is 308 g/mol. The minimum Gasteiger partial charge on any atom is -0.481 e. The number of allylic oxidation sites excluding steroid dienone is 2. The molecule has 1 aliphatic carbocycles. The van der Waals surface area contributed by atoms with Gasteiger partial charge in [0.1, 0.15) is 0 Å². The molecule has 0 unspecified atom stereocenters. The molecule has 0 fully saturated rings. The zero-order valence-corrected chi connectivity index (χ0v) is 13.6. The van der Waals surface area contributed by atoms with E-state index < -0.39 is 17.8 Å². The quantitative estimate of drug-likeness (QED) is 0.699. The third-order valence-corrected chi connectivity index (χ3v) is 3.98. The first-order chi connectivity index (χ1) is 11.5. The summed E-state index contributed by atoms with van der Waals surface area (Å²) in [6.45, 7) is 1.92. The maximum atomic E-state index is 12.4. The SMILES string of the molecule is CCCC(=O)Nc1cccc(NC(=O)[C@H]2CC=CC[C@@H]2C(=O)O)c1. The van der Waals surface area contributed by atoms with Crippen molar-refractivity contribution in [2.45, 2.75) is 32.6 Å². The first-order valence-corrected chi connectivity index (χ1v) is 8.10. The number of nitrogens with one attached hydrogen (secondary N) is 2. The van der Waals surface area contributed by atoms with E-state index in [1.165, 1.54) is 0 Å². The molecule has 6 heteroatoms. The Morgan fingerprint density at radius 1 is 1.08 bits per heavy atom. The maximum absolute atomic E-state index is 12.4. The highest BCUT2D eigenvalue weighted by Gasteiger charge is 2.33. The van der Waals surface area contributed by atoms with Gasteiger partial charge in [0.2, 0.25) is 11.8 Å². The molecule has 2 rings (SSSR count). The lowest BCUT2D eigenvalue weighted by Crippen LogP contribution is -2.34. The minimum absolute atomic E-state index is 0.0793. The first-order valence-electron chi connectivity index (χ1n) is 8.10. The molecule has 0 radical (unpaired) electrons. The van der Waals surface area contributed by atoms with Gasteiger partial charge in [-0.3, -0.25) is 14.4 Å². The zero-order chi connectivity index (χ0) is 17.5. The molecule has 0 saturated carbocycles. The molecule has 1 aromatic carbocycles. The number of anilines is 2. The van der Waals surface area contributed by atoms with Crippen molar-refractivity contribution in [1.82, 2.24) is 0 Å². The highest BCUT2D eigenvalue weighted by atomic mass is 16.4. The van der Waals surface area contributed by atoms with E-state index in [4.69, 9.17) is 0 Å². The summed E-state index contributed by atoms with van der Waals surface area (Å²) in [5.74, 6) is -2.65. The summed E-state index contributed by atoms with van der Waals surface area (Å²) >= 11 is 0. The molecule has 0 bridgehead atoms. The molecule has 3 N–H and O–H groups in total.